The molecule has 1 aromatic rings. The molecule has 4 nitrogen and oxygen atoms in total. The molecule has 21 heavy (non-hydrogen) atoms. The van der Waals surface area contributed by atoms with E-state index in [9.17, 15) is 4.79 Å². The van der Waals surface area contributed by atoms with Gasteiger partial charge in [-0.15, -0.1) is 0 Å². The first-order chi connectivity index (χ1) is 10.1. The smallest absolute Gasteiger partial charge is 0.221 e. The van der Waals surface area contributed by atoms with E-state index in [4.69, 9.17) is 12.2 Å². The Bertz CT molecular complexity index is 518. The Hall–Kier alpha value is -1.62. The van der Waals surface area contributed by atoms with Crippen LogP contribution in [0, 0.1) is 0 Å². The molecule has 1 amide bonds. The SMILES string of the molecule is CC(=O)Nc1cccc(NC(=S)N2CCCCCC2C)c1. The minimum absolute atomic E-state index is 0.0733. The molecule has 0 aromatic heterocycles. The van der Waals surface area contributed by atoms with E-state index in [1.54, 1.807) is 0 Å². The number of thiocarbonyl (C=S) groups is 1. The molecule has 2 N–H and O–H groups in total. The van der Waals surface area contributed by atoms with E-state index in [-0.39, 0.29) is 5.91 Å². The summed E-state index contributed by atoms with van der Waals surface area (Å²) in [7, 11) is 0. The number of likely N-dealkylation sites (tertiary alicyclic amines) is 1. The van der Waals surface area contributed by atoms with Crippen LogP contribution in [0.2, 0.25) is 0 Å². The van der Waals surface area contributed by atoms with Crippen molar-refractivity contribution in [3.63, 3.8) is 0 Å². The van der Waals surface area contributed by atoms with Gasteiger partial charge in [-0.3, -0.25) is 4.79 Å². The maximum atomic E-state index is 11.1. The summed E-state index contributed by atoms with van der Waals surface area (Å²) in [6, 6.07) is 8.11. The maximum Gasteiger partial charge on any atom is 0.221 e. The highest BCUT2D eigenvalue weighted by molar-refractivity contribution is 7.80. The highest BCUT2D eigenvalue weighted by Gasteiger charge is 2.19. The first-order valence-corrected chi connectivity index (χ1v) is 7.92. The third kappa shape index (κ3) is 4.70. The van der Waals surface area contributed by atoms with Crippen LogP contribution in [0.15, 0.2) is 24.3 Å². The molecule has 1 saturated heterocycles. The fraction of sp³-hybridized carbons (Fsp3) is 0.500. The number of carbonyl (C=O) groups excluding carboxylic acids is 1. The molecule has 1 aromatic carbocycles. The second-order valence-corrected chi connectivity index (χ2v) is 5.97. The molecular formula is C16H23N3OS. The Labute approximate surface area is 131 Å². The molecule has 0 saturated carbocycles. The normalized spacial score (nSPS) is 18.8. The first-order valence-electron chi connectivity index (χ1n) is 7.51. The topological polar surface area (TPSA) is 44.4 Å². The standard InChI is InChI=1S/C16H23N3OS/c1-12-7-4-3-5-10-19(12)16(21)18-15-9-6-8-14(11-15)17-13(2)20/h6,8-9,11-12H,3-5,7,10H2,1-2H3,(H,17,20)(H,18,21). The van der Waals surface area contributed by atoms with Crippen molar-refractivity contribution in [3.8, 4) is 0 Å². The number of benzene rings is 1. The zero-order valence-electron chi connectivity index (χ0n) is 12.7. The average Bonchev–Trinajstić information content (AvgIpc) is 2.63. The van der Waals surface area contributed by atoms with Crippen LogP contribution in [0.3, 0.4) is 0 Å². The predicted molar refractivity (Wildman–Crippen MR) is 91.6 cm³/mol. The van der Waals surface area contributed by atoms with Crippen molar-refractivity contribution in [2.75, 3.05) is 17.2 Å². The Morgan fingerprint density at radius 1 is 1.24 bits per heavy atom. The van der Waals surface area contributed by atoms with E-state index < -0.39 is 0 Å². The number of rotatable bonds is 2. The van der Waals surface area contributed by atoms with Crippen LogP contribution in [-0.2, 0) is 4.79 Å². The van der Waals surface area contributed by atoms with Crippen molar-refractivity contribution in [1.29, 1.82) is 0 Å². The third-order valence-corrected chi connectivity index (χ3v) is 4.08. The summed E-state index contributed by atoms with van der Waals surface area (Å²) in [6.45, 7) is 4.75. The van der Waals surface area contributed by atoms with Gasteiger partial charge in [-0.1, -0.05) is 18.9 Å². The lowest BCUT2D eigenvalue weighted by Gasteiger charge is -2.30. The van der Waals surface area contributed by atoms with E-state index in [1.165, 1.54) is 32.6 Å². The van der Waals surface area contributed by atoms with Crippen molar-refractivity contribution >= 4 is 34.6 Å². The lowest BCUT2D eigenvalue weighted by atomic mass is 10.1. The van der Waals surface area contributed by atoms with Gasteiger partial charge in [-0.05, 0) is 50.2 Å². The molecule has 114 valence electrons. The molecule has 1 fully saturated rings. The number of nitrogens with one attached hydrogen (secondary N) is 2. The summed E-state index contributed by atoms with van der Waals surface area (Å²) in [5, 5.41) is 6.84. The highest BCUT2D eigenvalue weighted by atomic mass is 32.1. The van der Waals surface area contributed by atoms with Crippen LogP contribution in [0.4, 0.5) is 11.4 Å². The molecule has 2 rings (SSSR count). The average molecular weight is 305 g/mol. The fourth-order valence-corrected chi connectivity index (χ4v) is 3.04. The molecule has 1 aliphatic heterocycles. The van der Waals surface area contributed by atoms with Gasteiger partial charge in [-0.25, -0.2) is 0 Å². The van der Waals surface area contributed by atoms with Crippen LogP contribution < -0.4 is 10.6 Å². The summed E-state index contributed by atoms with van der Waals surface area (Å²) in [4.78, 5) is 13.4. The molecule has 1 heterocycles. The second kappa shape index (κ2) is 7.41. The van der Waals surface area contributed by atoms with E-state index in [0.29, 0.717) is 6.04 Å². The lowest BCUT2D eigenvalue weighted by molar-refractivity contribution is -0.114. The van der Waals surface area contributed by atoms with Gasteiger partial charge in [0.05, 0.1) is 0 Å². The Morgan fingerprint density at radius 2 is 1.95 bits per heavy atom. The summed E-state index contributed by atoms with van der Waals surface area (Å²) < 4.78 is 0. The zero-order chi connectivity index (χ0) is 15.2. The maximum absolute atomic E-state index is 11.1. The van der Waals surface area contributed by atoms with Crippen molar-refractivity contribution in [1.82, 2.24) is 4.90 Å². The van der Waals surface area contributed by atoms with Gasteiger partial charge in [0.1, 0.15) is 0 Å². The van der Waals surface area contributed by atoms with Crippen LogP contribution in [0.5, 0.6) is 0 Å². The van der Waals surface area contributed by atoms with Crippen molar-refractivity contribution in [3.05, 3.63) is 24.3 Å². The molecule has 1 unspecified atom stereocenters. The van der Waals surface area contributed by atoms with E-state index in [1.807, 2.05) is 24.3 Å². The molecule has 1 aliphatic rings. The molecule has 0 bridgehead atoms. The highest BCUT2D eigenvalue weighted by Crippen LogP contribution is 2.19. The number of hydrogen-bond donors (Lipinski definition) is 2. The van der Waals surface area contributed by atoms with Gasteiger partial charge in [0.2, 0.25) is 5.91 Å². The van der Waals surface area contributed by atoms with Crippen molar-refractivity contribution in [2.24, 2.45) is 0 Å². The summed E-state index contributed by atoms with van der Waals surface area (Å²) >= 11 is 5.55. The van der Waals surface area contributed by atoms with Crippen LogP contribution >= 0.6 is 12.2 Å². The number of nitrogens with zero attached hydrogens (tertiary/aromatic N) is 1. The summed E-state index contributed by atoms with van der Waals surface area (Å²) in [6.07, 6.45) is 4.94. The largest absolute Gasteiger partial charge is 0.346 e. The monoisotopic (exact) mass is 305 g/mol. The predicted octanol–water partition coefficient (Wildman–Crippen LogP) is 3.61. The van der Waals surface area contributed by atoms with Gasteiger partial charge < -0.3 is 15.5 Å². The fourth-order valence-electron chi connectivity index (χ4n) is 2.65. The van der Waals surface area contributed by atoms with Gasteiger partial charge in [-0.2, -0.15) is 0 Å². The summed E-state index contributed by atoms with van der Waals surface area (Å²) in [5.41, 5.74) is 1.68. The Kier molecular flexibility index (Phi) is 5.56. The van der Waals surface area contributed by atoms with Crippen LogP contribution in [0.25, 0.3) is 0 Å². The lowest BCUT2D eigenvalue weighted by Crippen LogP contribution is -2.40. The minimum atomic E-state index is -0.0733. The second-order valence-electron chi connectivity index (χ2n) is 5.58. The Balaban J connectivity index is 2.02. The van der Waals surface area contributed by atoms with E-state index in [0.717, 1.165) is 23.0 Å². The molecular weight excluding hydrogens is 282 g/mol. The quantitative estimate of drug-likeness (QED) is 0.819. The molecule has 0 aliphatic carbocycles. The number of amides is 1. The summed E-state index contributed by atoms with van der Waals surface area (Å²) in [5.74, 6) is -0.0733. The zero-order valence-corrected chi connectivity index (χ0v) is 13.5. The molecule has 0 radical (unpaired) electrons. The van der Waals surface area contributed by atoms with Gasteiger partial charge >= 0.3 is 0 Å². The molecule has 5 heteroatoms. The van der Waals surface area contributed by atoms with Crippen LogP contribution in [0.1, 0.15) is 39.5 Å². The molecule has 1 atom stereocenters. The van der Waals surface area contributed by atoms with Gasteiger partial charge in [0.25, 0.3) is 0 Å². The third-order valence-electron chi connectivity index (χ3n) is 3.75. The Morgan fingerprint density at radius 3 is 2.67 bits per heavy atom. The molecule has 0 spiro atoms. The number of carbonyl (C=O) groups is 1. The van der Waals surface area contributed by atoms with Crippen molar-refractivity contribution < 1.29 is 4.79 Å². The van der Waals surface area contributed by atoms with Gasteiger partial charge in [0.15, 0.2) is 5.11 Å². The van der Waals surface area contributed by atoms with Gasteiger partial charge in [0, 0.05) is 30.9 Å². The first kappa shape index (κ1) is 15.8. The van der Waals surface area contributed by atoms with E-state index in [2.05, 4.69) is 22.5 Å². The number of hydrogen-bond acceptors (Lipinski definition) is 2. The van der Waals surface area contributed by atoms with Crippen LogP contribution in [-0.4, -0.2) is 28.5 Å². The minimum Gasteiger partial charge on any atom is -0.346 e. The number of anilines is 2. The van der Waals surface area contributed by atoms with Crippen molar-refractivity contribution in [2.45, 2.75) is 45.6 Å². The van der Waals surface area contributed by atoms with E-state index >= 15 is 0 Å².